The molecule has 0 spiro atoms. The Hall–Kier alpha value is -3.09. The average Bonchev–Trinajstić information content (AvgIpc) is 2.71. The summed E-state index contributed by atoms with van der Waals surface area (Å²) in [5.74, 6) is 2.63. The first-order chi connectivity index (χ1) is 12.8. The monoisotopic (exact) mass is 347 g/mol. The average molecular weight is 347 g/mol. The van der Waals surface area contributed by atoms with Crippen molar-refractivity contribution in [2.75, 3.05) is 23.3 Å². The minimum absolute atomic E-state index is 0.271. The van der Waals surface area contributed by atoms with Crippen LogP contribution >= 0.6 is 0 Å². The van der Waals surface area contributed by atoms with E-state index in [1.807, 2.05) is 25.1 Å². The normalized spacial score (nSPS) is 17.1. The van der Waals surface area contributed by atoms with E-state index < -0.39 is 0 Å². The van der Waals surface area contributed by atoms with Crippen LogP contribution < -0.4 is 10.2 Å². The molecule has 7 nitrogen and oxygen atoms in total. The van der Waals surface area contributed by atoms with Gasteiger partial charge < -0.3 is 10.2 Å². The molecule has 3 aromatic heterocycles. The Morgan fingerprint density at radius 3 is 2.54 bits per heavy atom. The van der Waals surface area contributed by atoms with E-state index in [9.17, 15) is 0 Å². The molecule has 1 aliphatic rings. The molecule has 4 rings (SSSR count). The molecule has 0 radical (unpaired) electrons. The second kappa shape index (κ2) is 7.43. The Balaban J connectivity index is 1.59. The standard InChI is InChI=1S/C19H21N7/c1-14-5-2-7-21-17(14)25-18-16(20-10-11-22-18)15-6-3-12-26(13-15)19-23-8-4-9-24-19/h2,4-5,7-11,15H,3,6,12-13H2,1H3,(H,21,22,25). The molecular formula is C19H21N7. The Kier molecular flexibility index (Phi) is 4.68. The first-order valence-electron chi connectivity index (χ1n) is 8.83. The van der Waals surface area contributed by atoms with Gasteiger partial charge in [0.2, 0.25) is 5.95 Å². The van der Waals surface area contributed by atoms with Crippen molar-refractivity contribution in [1.29, 1.82) is 0 Å². The summed E-state index contributed by atoms with van der Waals surface area (Å²) < 4.78 is 0. The van der Waals surface area contributed by atoms with Crippen molar-refractivity contribution in [2.45, 2.75) is 25.7 Å². The zero-order valence-electron chi connectivity index (χ0n) is 14.7. The van der Waals surface area contributed by atoms with Gasteiger partial charge in [-0.15, -0.1) is 0 Å². The molecule has 1 atom stereocenters. The summed E-state index contributed by atoms with van der Waals surface area (Å²) in [6.07, 6.45) is 10.9. The van der Waals surface area contributed by atoms with Crippen molar-refractivity contribution in [3.05, 3.63) is 60.4 Å². The lowest BCUT2D eigenvalue weighted by molar-refractivity contribution is 0.495. The van der Waals surface area contributed by atoms with Crippen LogP contribution in [0, 0.1) is 6.92 Å². The van der Waals surface area contributed by atoms with E-state index >= 15 is 0 Å². The lowest BCUT2D eigenvalue weighted by atomic mass is 9.94. The lowest BCUT2D eigenvalue weighted by Gasteiger charge is -2.32. The zero-order chi connectivity index (χ0) is 17.8. The first kappa shape index (κ1) is 16.4. The Morgan fingerprint density at radius 2 is 1.69 bits per heavy atom. The van der Waals surface area contributed by atoms with Gasteiger partial charge in [-0.05, 0) is 37.5 Å². The minimum Gasteiger partial charge on any atom is -0.340 e. The van der Waals surface area contributed by atoms with Crippen molar-refractivity contribution in [3.8, 4) is 0 Å². The summed E-state index contributed by atoms with van der Waals surface area (Å²) in [4.78, 5) is 24.6. The molecule has 0 aliphatic carbocycles. The van der Waals surface area contributed by atoms with E-state index in [1.54, 1.807) is 31.0 Å². The molecule has 7 heteroatoms. The first-order valence-corrected chi connectivity index (χ1v) is 8.83. The zero-order valence-corrected chi connectivity index (χ0v) is 14.7. The maximum atomic E-state index is 4.64. The van der Waals surface area contributed by atoms with Crippen molar-refractivity contribution in [3.63, 3.8) is 0 Å². The molecule has 26 heavy (non-hydrogen) atoms. The van der Waals surface area contributed by atoms with Crippen molar-refractivity contribution in [1.82, 2.24) is 24.9 Å². The second-order valence-corrected chi connectivity index (χ2v) is 6.42. The number of rotatable bonds is 4. The highest BCUT2D eigenvalue weighted by molar-refractivity contribution is 5.58. The highest BCUT2D eigenvalue weighted by Gasteiger charge is 2.26. The van der Waals surface area contributed by atoms with Gasteiger partial charge in [-0.1, -0.05) is 6.07 Å². The fraction of sp³-hybridized carbons (Fsp3) is 0.316. The van der Waals surface area contributed by atoms with Gasteiger partial charge in [0.25, 0.3) is 0 Å². The van der Waals surface area contributed by atoms with Gasteiger partial charge in [0.1, 0.15) is 5.82 Å². The third-order valence-electron chi connectivity index (χ3n) is 4.62. The van der Waals surface area contributed by atoms with E-state index in [0.717, 1.165) is 54.8 Å². The maximum Gasteiger partial charge on any atom is 0.225 e. The maximum absolute atomic E-state index is 4.64. The number of nitrogens with zero attached hydrogens (tertiary/aromatic N) is 6. The Bertz CT molecular complexity index is 869. The van der Waals surface area contributed by atoms with Gasteiger partial charge in [-0.3, -0.25) is 4.98 Å². The number of anilines is 3. The van der Waals surface area contributed by atoms with E-state index in [4.69, 9.17) is 0 Å². The van der Waals surface area contributed by atoms with Crippen LogP contribution in [0.25, 0.3) is 0 Å². The predicted octanol–water partition coefficient (Wildman–Crippen LogP) is 3.10. The molecule has 132 valence electrons. The van der Waals surface area contributed by atoms with Crippen molar-refractivity contribution < 1.29 is 0 Å². The van der Waals surface area contributed by atoms with Crippen LogP contribution in [0.3, 0.4) is 0 Å². The summed E-state index contributed by atoms with van der Waals surface area (Å²) in [6, 6.07) is 5.79. The molecule has 1 fully saturated rings. The number of aromatic nitrogens is 5. The number of aryl methyl sites for hydroxylation is 1. The molecule has 3 aromatic rings. The van der Waals surface area contributed by atoms with E-state index in [1.165, 1.54) is 0 Å². The number of hydrogen-bond donors (Lipinski definition) is 1. The van der Waals surface area contributed by atoms with Gasteiger partial charge in [0.05, 0.1) is 5.69 Å². The largest absolute Gasteiger partial charge is 0.340 e. The predicted molar refractivity (Wildman–Crippen MR) is 101 cm³/mol. The SMILES string of the molecule is Cc1cccnc1Nc1nccnc1C1CCCN(c2ncccn2)C1. The number of hydrogen-bond acceptors (Lipinski definition) is 7. The van der Waals surface area contributed by atoms with Gasteiger partial charge in [0.15, 0.2) is 5.82 Å². The second-order valence-electron chi connectivity index (χ2n) is 6.42. The fourth-order valence-electron chi connectivity index (χ4n) is 3.31. The van der Waals surface area contributed by atoms with E-state index in [0.29, 0.717) is 0 Å². The van der Waals surface area contributed by atoms with Gasteiger partial charge >= 0.3 is 0 Å². The van der Waals surface area contributed by atoms with Crippen molar-refractivity contribution in [2.24, 2.45) is 0 Å². The topological polar surface area (TPSA) is 79.7 Å². The summed E-state index contributed by atoms with van der Waals surface area (Å²) in [6.45, 7) is 3.82. The van der Waals surface area contributed by atoms with Crippen LogP contribution in [0.15, 0.2) is 49.2 Å². The molecule has 0 bridgehead atoms. The van der Waals surface area contributed by atoms with Crippen LogP contribution in [0.1, 0.15) is 30.0 Å². The molecule has 1 saturated heterocycles. The molecule has 1 aliphatic heterocycles. The Morgan fingerprint density at radius 1 is 0.923 bits per heavy atom. The van der Waals surface area contributed by atoms with Crippen LogP contribution in [0.2, 0.25) is 0 Å². The van der Waals surface area contributed by atoms with Crippen LogP contribution in [-0.2, 0) is 0 Å². The van der Waals surface area contributed by atoms with Crippen LogP contribution in [-0.4, -0.2) is 38.0 Å². The summed E-state index contributed by atoms with van der Waals surface area (Å²) in [7, 11) is 0. The highest BCUT2D eigenvalue weighted by atomic mass is 15.3. The Labute approximate surface area is 152 Å². The van der Waals surface area contributed by atoms with Gasteiger partial charge in [-0.25, -0.2) is 19.9 Å². The van der Waals surface area contributed by atoms with Crippen LogP contribution in [0.4, 0.5) is 17.6 Å². The number of piperidine rings is 1. The summed E-state index contributed by atoms with van der Waals surface area (Å²) >= 11 is 0. The lowest BCUT2D eigenvalue weighted by Crippen LogP contribution is -2.36. The van der Waals surface area contributed by atoms with Crippen molar-refractivity contribution >= 4 is 17.6 Å². The molecule has 1 N–H and O–H groups in total. The fourth-order valence-corrected chi connectivity index (χ4v) is 3.31. The smallest absolute Gasteiger partial charge is 0.225 e. The molecule has 0 aromatic carbocycles. The molecule has 0 amide bonds. The molecule has 1 unspecified atom stereocenters. The molecular weight excluding hydrogens is 326 g/mol. The summed E-state index contributed by atoms with van der Waals surface area (Å²) in [5, 5.41) is 3.36. The third-order valence-corrected chi connectivity index (χ3v) is 4.62. The highest BCUT2D eigenvalue weighted by Crippen LogP contribution is 2.31. The quantitative estimate of drug-likeness (QED) is 0.777. The summed E-state index contributed by atoms with van der Waals surface area (Å²) in [5.41, 5.74) is 2.05. The molecule has 0 saturated carbocycles. The van der Waals surface area contributed by atoms with Crippen LogP contribution in [0.5, 0.6) is 0 Å². The number of nitrogens with one attached hydrogen (secondary N) is 1. The van der Waals surface area contributed by atoms with Gasteiger partial charge in [-0.2, -0.15) is 0 Å². The third kappa shape index (κ3) is 3.46. The van der Waals surface area contributed by atoms with E-state index in [2.05, 4.69) is 35.1 Å². The number of pyridine rings is 1. The van der Waals surface area contributed by atoms with Gasteiger partial charge in [0, 0.05) is 50.0 Å². The molecule has 4 heterocycles. The minimum atomic E-state index is 0.271. The van der Waals surface area contributed by atoms with E-state index in [-0.39, 0.29) is 5.92 Å².